The van der Waals surface area contributed by atoms with E-state index in [1.54, 1.807) is 13.4 Å². The van der Waals surface area contributed by atoms with E-state index in [2.05, 4.69) is 52.5 Å². The van der Waals surface area contributed by atoms with Gasteiger partial charge in [-0.15, -0.1) is 0 Å². The topological polar surface area (TPSA) is 50.3 Å². The molecule has 0 spiro atoms. The van der Waals surface area contributed by atoms with Gasteiger partial charge in [-0.05, 0) is 25.7 Å². The second-order valence-corrected chi connectivity index (χ2v) is 6.35. The van der Waals surface area contributed by atoms with Crippen LogP contribution in [0.2, 0.25) is 0 Å². The molecular weight excluding hydrogens is 324 g/mol. The summed E-state index contributed by atoms with van der Waals surface area (Å²) in [4.78, 5) is 11.0. The summed E-state index contributed by atoms with van der Waals surface area (Å²) in [5.74, 6) is 1.66. The summed E-state index contributed by atoms with van der Waals surface area (Å²) in [5, 5.41) is 3.36. The van der Waals surface area contributed by atoms with Gasteiger partial charge in [-0.2, -0.15) is 0 Å². The molecule has 0 aliphatic rings. The number of anilines is 1. The van der Waals surface area contributed by atoms with Gasteiger partial charge in [-0.3, -0.25) is 0 Å². The number of rotatable bonds is 7. The summed E-state index contributed by atoms with van der Waals surface area (Å²) >= 11 is 0. The Hall–Kier alpha value is -2.92. The first-order chi connectivity index (χ1) is 12.7. The highest BCUT2D eigenvalue weighted by Crippen LogP contribution is 2.24. The second kappa shape index (κ2) is 8.45. The SMILES string of the molecule is COc1ccccc1CNc1cc(-c2ccccc2CN(C)C)ncn1. The van der Waals surface area contributed by atoms with Crippen LogP contribution in [0.5, 0.6) is 5.75 Å². The van der Waals surface area contributed by atoms with Gasteiger partial charge in [-0.1, -0.05) is 42.5 Å². The van der Waals surface area contributed by atoms with Gasteiger partial charge < -0.3 is 15.0 Å². The van der Waals surface area contributed by atoms with Crippen molar-refractivity contribution >= 4 is 5.82 Å². The van der Waals surface area contributed by atoms with Crippen molar-refractivity contribution in [1.82, 2.24) is 14.9 Å². The molecule has 0 aliphatic heterocycles. The number of hydrogen-bond donors (Lipinski definition) is 1. The van der Waals surface area contributed by atoms with Gasteiger partial charge in [0, 0.05) is 30.3 Å². The summed E-state index contributed by atoms with van der Waals surface area (Å²) < 4.78 is 5.40. The molecule has 26 heavy (non-hydrogen) atoms. The zero-order chi connectivity index (χ0) is 18.4. The minimum atomic E-state index is 0.639. The van der Waals surface area contributed by atoms with E-state index in [0.29, 0.717) is 6.54 Å². The lowest BCUT2D eigenvalue weighted by molar-refractivity contribution is 0.403. The number of nitrogens with zero attached hydrogens (tertiary/aromatic N) is 3. The van der Waals surface area contributed by atoms with Gasteiger partial charge in [0.2, 0.25) is 0 Å². The molecule has 0 unspecified atom stereocenters. The number of para-hydroxylation sites is 1. The zero-order valence-corrected chi connectivity index (χ0v) is 15.4. The predicted molar refractivity (Wildman–Crippen MR) is 105 cm³/mol. The van der Waals surface area contributed by atoms with Crippen LogP contribution in [-0.4, -0.2) is 36.1 Å². The molecule has 0 radical (unpaired) electrons. The largest absolute Gasteiger partial charge is 0.496 e. The van der Waals surface area contributed by atoms with E-state index < -0.39 is 0 Å². The number of ether oxygens (including phenoxy) is 1. The van der Waals surface area contributed by atoms with Crippen LogP contribution in [0.3, 0.4) is 0 Å². The Labute approximate surface area is 154 Å². The number of benzene rings is 2. The maximum Gasteiger partial charge on any atom is 0.130 e. The average Bonchev–Trinajstić information content (AvgIpc) is 2.67. The fraction of sp³-hybridized carbons (Fsp3) is 0.238. The molecule has 5 heteroatoms. The summed E-state index contributed by atoms with van der Waals surface area (Å²) in [7, 11) is 5.82. The minimum Gasteiger partial charge on any atom is -0.496 e. The van der Waals surface area contributed by atoms with Gasteiger partial charge in [-0.25, -0.2) is 9.97 Å². The van der Waals surface area contributed by atoms with Gasteiger partial charge in [0.1, 0.15) is 17.9 Å². The first-order valence-corrected chi connectivity index (χ1v) is 8.58. The predicted octanol–water partition coefficient (Wildman–Crippen LogP) is 3.83. The van der Waals surface area contributed by atoms with Crippen molar-refractivity contribution in [3.05, 3.63) is 72.1 Å². The lowest BCUT2D eigenvalue weighted by atomic mass is 10.0. The van der Waals surface area contributed by atoms with Gasteiger partial charge in [0.05, 0.1) is 12.8 Å². The Morgan fingerprint density at radius 3 is 2.46 bits per heavy atom. The first-order valence-electron chi connectivity index (χ1n) is 8.58. The Bertz CT molecular complexity index is 864. The van der Waals surface area contributed by atoms with Gasteiger partial charge >= 0.3 is 0 Å². The quantitative estimate of drug-likeness (QED) is 0.703. The standard InChI is InChI=1S/C21H24N4O/c1-25(2)14-17-9-4-6-10-18(17)19-12-21(24-15-23-19)22-13-16-8-5-7-11-20(16)26-3/h4-12,15H,13-14H2,1-3H3,(H,22,23,24). The van der Waals surface area contributed by atoms with Crippen molar-refractivity contribution in [2.45, 2.75) is 13.1 Å². The van der Waals surface area contributed by atoms with E-state index in [1.807, 2.05) is 36.4 Å². The van der Waals surface area contributed by atoms with E-state index in [-0.39, 0.29) is 0 Å². The number of hydrogen-bond acceptors (Lipinski definition) is 5. The molecule has 3 aromatic rings. The molecule has 0 amide bonds. The molecule has 0 aliphatic carbocycles. The Morgan fingerprint density at radius 1 is 0.962 bits per heavy atom. The molecule has 3 rings (SSSR count). The van der Waals surface area contributed by atoms with E-state index in [4.69, 9.17) is 4.74 Å². The van der Waals surface area contributed by atoms with Crippen molar-refractivity contribution in [3.8, 4) is 17.0 Å². The molecule has 2 aromatic carbocycles. The molecule has 5 nitrogen and oxygen atoms in total. The normalized spacial score (nSPS) is 10.8. The minimum absolute atomic E-state index is 0.639. The second-order valence-electron chi connectivity index (χ2n) is 6.35. The fourth-order valence-electron chi connectivity index (χ4n) is 2.88. The fourth-order valence-corrected chi connectivity index (χ4v) is 2.88. The average molecular weight is 348 g/mol. The van der Waals surface area contributed by atoms with Crippen LogP contribution in [0.1, 0.15) is 11.1 Å². The Kier molecular flexibility index (Phi) is 5.81. The van der Waals surface area contributed by atoms with E-state index in [9.17, 15) is 0 Å². The third-order valence-electron chi connectivity index (χ3n) is 4.10. The molecule has 134 valence electrons. The Balaban J connectivity index is 1.81. The van der Waals surface area contributed by atoms with Crippen molar-refractivity contribution in [2.75, 3.05) is 26.5 Å². The van der Waals surface area contributed by atoms with Crippen LogP contribution >= 0.6 is 0 Å². The number of methoxy groups -OCH3 is 1. The van der Waals surface area contributed by atoms with Crippen LogP contribution in [0.15, 0.2) is 60.9 Å². The number of aromatic nitrogens is 2. The maximum atomic E-state index is 5.40. The van der Waals surface area contributed by atoms with Crippen LogP contribution in [0.4, 0.5) is 5.82 Å². The first kappa shape index (κ1) is 17.9. The molecule has 1 heterocycles. The van der Waals surface area contributed by atoms with Crippen LogP contribution in [0.25, 0.3) is 11.3 Å². The van der Waals surface area contributed by atoms with Crippen molar-refractivity contribution < 1.29 is 4.74 Å². The van der Waals surface area contributed by atoms with E-state index >= 15 is 0 Å². The molecule has 0 saturated heterocycles. The lowest BCUT2D eigenvalue weighted by Gasteiger charge is -2.14. The highest BCUT2D eigenvalue weighted by Gasteiger charge is 2.09. The summed E-state index contributed by atoms with van der Waals surface area (Å²) in [6, 6.07) is 18.3. The van der Waals surface area contributed by atoms with Gasteiger partial charge in [0.15, 0.2) is 0 Å². The third kappa shape index (κ3) is 4.37. The molecular formula is C21H24N4O. The molecule has 0 saturated carbocycles. The summed E-state index contributed by atoms with van der Waals surface area (Å²) in [5.41, 5.74) is 4.37. The maximum absolute atomic E-state index is 5.40. The zero-order valence-electron chi connectivity index (χ0n) is 15.4. The molecule has 1 N–H and O–H groups in total. The molecule has 0 bridgehead atoms. The smallest absolute Gasteiger partial charge is 0.130 e. The van der Waals surface area contributed by atoms with Crippen molar-refractivity contribution in [2.24, 2.45) is 0 Å². The Morgan fingerprint density at radius 2 is 1.69 bits per heavy atom. The molecule has 0 atom stereocenters. The van der Waals surface area contributed by atoms with Gasteiger partial charge in [0.25, 0.3) is 0 Å². The summed E-state index contributed by atoms with van der Waals surface area (Å²) in [6.07, 6.45) is 1.60. The number of nitrogens with one attached hydrogen (secondary N) is 1. The highest BCUT2D eigenvalue weighted by atomic mass is 16.5. The molecule has 0 fully saturated rings. The highest BCUT2D eigenvalue weighted by molar-refractivity contribution is 5.66. The lowest BCUT2D eigenvalue weighted by Crippen LogP contribution is -2.11. The monoisotopic (exact) mass is 348 g/mol. The summed E-state index contributed by atoms with van der Waals surface area (Å²) in [6.45, 7) is 1.50. The van der Waals surface area contributed by atoms with Crippen molar-refractivity contribution in [3.63, 3.8) is 0 Å². The van der Waals surface area contributed by atoms with E-state index in [0.717, 1.165) is 34.9 Å². The van der Waals surface area contributed by atoms with E-state index in [1.165, 1.54) is 5.56 Å². The molecule has 1 aromatic heterocycles. The third-order valence-corrected chi connectivity index (χ3v) is 4.10. The van der Waals surface area contributed by atoms with Crippen LogP contribution < -0.4 is 10.1 Å². The van der Waals surface area contributed by atoms with Crippen molar-refractivity contribution in [1.29, 1.82) is 0 Å². The van der Waals surface area contributed by atoms with Crippen LogP contribution in [0, 0.1) is 0 Å². The van der Waals surface area contributed by atoms with Crippen LogP contribution in [-0.2, 0) is 13.1 Å².